The lowest BCUT2D eigenvalue weighted by molar-refractivity contribution is 0.0340. The molecule has 0 aromatic rings. The molecule has 0 aromatic carbocycles. The highest BCUT2D eigenvalue weighted by Crippen LogP contribution is 2.18. The smallest absolute Gasteiger partial charge is 0.0519 e. The Morgan fingerprint density at radius 3 is 1.55 bits per heavy atom. The average Bonchev–Trinajstić information content (AvgIpc) is 2.47. The lowest BCUT2D eigenvalue weighted by Gasteiger charge is -2.33. The van der Waals surface area contributed by atoms with Crippen LogP contribution in [0.25, 0.3) is 0 Å². The summed E-state index contributed by atoms with van der Waals surface area (Å²) in [6.07, 6.45) is 10.2. The largest absolute Gasteiger partial charge is 0.396 e. The number of hydrogen-bond donors (Lipinski definition) is 2. The maximum atomic E-state index is 9.47. The van der Waals surface area contributed by atoms with Gasteiger partial charge in [0.1, 0.15) is 0 Å². The van der Waals surface area contributed by atoms with Crippen molar-refractivity contribution >= 4 is 0 Å². The number of aliphatic hydroxyl groups is 2. The number of hydrogen-bond acceptors (Lipinski definition) is 3. The second-order valence-corrected chi connectivity index (χ2v) is 6.52. The summed E-state index contributed by atoms with van der Waals surface area (Å²) >= 11 is 0. The van der Waals surface area contributed by atoms with Crippen LogP contribution in [-0.2, 0) is 0 Å². The molecule has 0 spiro atoms. The van der Waals surface area contributed by atoms with Crippen LogP contribution >= 0.6 is 0 Å². The monoisotopic (exact) mass is 287 g/mol. The topological polar surface area (TPSA) is 43.7 Å². The van der Waals surface area contributed by atoms with E-state index in [-0.39, 0.29) is 18.6 Å². The van der Waals surface area contributed by atoms with E-state index in [0.717, 1.165) is 19.6 Å². The minimum Gasteiger partial charge on any atom is -0.396 e. The predicted molar refractivity (Wildman–Crippen MR) is 87.0 cm³/mol. The summed E-state index contributed by atoms with van der Waals surface area (Å²) < 4.78 is 0. The van der Waals surface area contributed by atoms with Crippen LogP contribution < -0.4 is 0 Å². The van der Waals surface area contributed by atoms with Crippen LogP contribution in [0.2, 0.25) is 0 Å². The first-order valence-corrected chi connectivity index (χ1v) is 8.56. The van der Waals surface area contributed by atoms with Gasteiger partial charge in [0.2, 0.25) is 0 Å². The van der Waals surface area contributed by atoms with E-state index in [9.17, 15) is 10.2 Å². The first kappa shape index (κ1) is 19.9. The van der Waals surface area contributed by atoms with E-state index in [2.05, 4.69) is 18.7 Å². The van der Waals surface area contributed by atoms with Gasteiger partial charge in [0.25, 0.3) is 0 Å². The van der Waals surface area contributed by atoms with Gasteiger partial charge in [-0.15, -0.1) is 0 Å². The Balaban J connectivity index is 4.15. The molecule has 0 fully saturated rings. The van der Waals surface area contributed by atoms with Gasteiger partial charge >= 0.3 is 0 Å². The molecule has 0 aliphatic carbocycles. The molecule has 0 aliphatic heterocycles. The maximum absolute atomic E-state index is 9.47. The standard InChI is InChI=1S/C17H37NO2/c1-4-6-8-10-12-18(13-11-9-7-5-2)14-17(3,15-19)16-20/h19-20H,4-16H2,1-3H3. The van der Waals surface area contributed by atoms with Crippen molar-refractivity contribution in [1.82, 2.24) is 4.90 Å². The second kappa shape index (κ2) is 12.6. The SMILES string of the molecule is CCCCCCN(CCCCCC)CC(C)(CO)CO. The molecule has 0 rings (SSSR count). The molecule has 0 aliphatic rings. The first-order chi connectivity index (χ1) is 9.61. The molecule has 0 saturated carbocycles. The molecule has 3 nitrogen and oxygen atoms in total. The molecule has 0 atom stereocenters. The van der Waals surface area contributed by atoms with Crippen molar-refractivity contribution < 1.29 is 10.2 Å². The fraction of sp³-hybridized carbons (Fsp3) is 1.00. The Hall–Kier alpha value is -0.120. The zero-order chi connectivity index (χ0) is 15.3. The van der Waals surface area contributed by atoms with Gasteiger partial charge in [0, 0.05) is 12.0 Å². The van der Waals surface area contributed by atoms with Crippen LogP contribution in [0.3, 0.4) is 0 Å². The first-order valence-electron chi connectivity index (χ1n) is 8.56. The Kier molecular flexibility index (Phi) is 12.5. The molecule has 0 bridgehead atoms. The molecule has 122 valence electrons. The lowest BCUT2D eigenvalue weighted by atomic mass is 9.92. The lowest BCUT2D eigenvalue weighted by Crippen LogP contribution is -2.41. The fourth-order valence-electron chi connectivity index (χ4n) is 2.48. The highest BCUT2D eigenvalue weighted by molar-refractivity contribution is 4.77. The third-order valence-corrected chi connectivity index (χ3v) is 4.02. The Morgan fingerprint density at radius 1 is 0.750 bits per heavy atom. The van der Waals surface area contributed by atoms with Crippen molar-refractivity contribution in [1.29, 1.82) is 0 Å². The number of unbranched alkanes of at least 4 members (excludes halogenated alkanes) is 6. The van der Waals surface area contributed by atoms with E-state index in [0.29, 0.717) is 0 Å². The number of nitrogens with zero attached hydrogens (tertiary/aromatic N) is 1. The average molecular weight is 287 g/mol. The van der Waals surface area contributed by atoms with E-state index in [1.165, 1.54) is 51.4 Å². The Bertz CT molecular complexity index is 193. The van der Waals surface area contributed by atoms with Crippen molar-refractivity contribution in [2.24, 2.45) is 5.41 Å². The molecular formula is C17H37NO2. The third kappa shape index (κ3) is 9.73. The quantitative estimate of drug-likeness (QED) is 0.481. The Labute approximate surface area is 126 Å². The predicted octanol–water partition coefficient (Wildman–Crippen LogP) is 3.44. The van der Waals surface area contributed by atoms with Crippen LogP contribution in [0.4, 0.5) is 0 Å². The molecule has 0 heterocycles. The molecular weight excluding hydrogens is 250 g/mol. The molecule has 20 heavy (non-hydrogen) atoms. The molecule has 0 amide bonds. The van der Waals surface area contributed by atoms with Crippen molar-refractivity contribution in [2.45, 2.75) is 72.1 Å². The summed E-state index contributed by atoms with van der Waals surface area (Å²) in [5, 5.41) is 18.9. The van der Waals surface area contributed by atoms with Crippen molar-refractivity contribution in [3.63, 3.8) is 0 Å². The van der Waals surface area contributed by atoms with E-state index in [4.69, 9.17) is 0 Å². The fourth-order valence-corrected chi connectivity index (χ4v) is 2.48. The molecule has 3 heteroatoms. The number of rotatable bonds is 14. The van der Waals surface area contributed by atoms with E-state index in [1.807, 2.05) is 6.92 Å². The summed E-state index contributed by atoms with van der Waals surface area (Å²) in [5.41, 5.74) is -0.366. The van der Waals surface area contributed by atoms with Crippen LogP contribution in [0, 0.1) is 5.41 Å². The summed E-state index contributed by atoms with van der Waals surface area (Å²) in [6, 6.07) is 0. The van der Waals surface area contributed by atoms with Gasteiger partial charge in [-0.3, -0.25) is 0 Å². The van der Waals surface area contributed by atoms with Crippen LogP contribution in [0.5, 0.6) is 0 Å². The minimum atomic E-state index is -0.366. The van der Waals surface area contributed by atoms with Gasteiger partial charge in [0.05, 0.1) is 13.2 Å². The van der Waals surface area contributed by atoms with Gasteiger partial charge in [-0.25, -0.2) is 0 Å². The highest BCUT2D eigenvalue weighted by Gasteiger charge is 2.25. The van der Waals surface area contributed by atoms with E-state index < -0.39 is 0 Å². The number of aliphatic hydroxyl groups excluding tert-OH is 2. The van der Waals surface area contributed by atoms with Crippen LogP contribution in [-0.4, -0.2) is 48.0 Å². The van der Waals surface area contributed by atoms with E-state index >= 15 is 0 Å². The molecule has 0 unspecified atom stereocenters. The molecule has 2 N–H and O–H groups in total. The summed E-state index contributed by atoms with van der Waals surface area (Å²) in [7, 11) is 0. The third-order valence-electron chi connectivity index (χ3n) is 4.02. The van der Waals surface area contributed by atoms with Gasteiger partial charge in [-0.05, 0) is 25.9 Å². The zero-order valence-electron chi connectivity index (χ0n) is 14.0. The second-order valence-electron chi connectivity index (χ2n) is 6.52. The maximum Gasteiger partial charge on any atom is 0.0519 e. The molecule has 0 saturated heterocycles. The summed E-state index contributed by atoms with van der Waals surface area (Å²) in [4.78, 5) is 2.44. The van der Waals surface area contributed by atoms with Crippen LogP contribution in [0.1, 0.15) is 72.1 Å². The summed E-state index contributed by atoms with van der Waals surface area (Å²) in [6.45, 7) is 9.56. The van der Waals surface area contributed by atoms with Gasteiger partial charge in [-0.1, -0.05) is 59.3 Å². The van der Waals surface area contributed by atoms with Crippen LogP contribution in [0.15, 0.2) is 0 Å². The van der Waals surface area contributed by atoms with Gasteiger partial charge < -0.3 is 15.1 Å². The minimum absolute atomic E-state index is 0.0594. The normalized spacial score (nSPS) is 12.3. The summed E-state index contributed by atoms with van der Waals surface area (Å²) in [5.74, 6) is 0. The highest BCUT2D eigenvalue weighted by atomic mass is 16.3. The zero-order valence-corrected chi connectivity index (χ0v) is 14.0. The molecule has 0 aromatic heterocycles. The van der Waals surface area contributed by atoms with Crippen molar-refractivity contribution in [3.05, 3.63) is 0 Å². The van der Waals surface area contributed by atoms with E-state index in [1.54, 1.807) is 0 Å². The van der Waals surface area contributed by atoms with Crippen molar-refractivity contribution in [3.8, 4) is 0 Å². The Morgan fingerprint density at radius 2 is 1.20 bits per heavy atom. The molecule has 0 radical (unpaired) electrons. The van der Waals surface area contributed by atoms with Gasteiger partial charge in [0.15, 0.2) is 0 Å². The van der Waals surface area contributed by atoms with Gasteiger partial charge in [-0.2, -0.15) is 0 Å². The van der Waals surface area contributed by atoms with Crippen molar-refractivity contribution in [2.75, 3.05) is 32.8 Å².